The van der Waals surface area contributed by atoms with Crippen molar-refractivity contribution in [3.8, 4) is 17.6 Å². The highest BCUT2D eigenvalue weighted by Crippen LogP contribution is 2.50. The van der Waals surface area contributed by atoms with Gasteiger partial charge in [0, 0.05) is 25.5 Å². The molecule has 7 nitrogen and oxygen atoms in total. The predicted molar refractivity (Wildman–Crippen MR) is 148 cm³/mol. The lowest BCUT2D eigenvalue weighted by atomic mass is 9.72. The molecule has 41 heavy (non-hydrogen) atoms. The number of methoxy groups -OCH3 is 1. The number of hydrogen-bond donors (Lipinski definition) is 0. The van der Waals surface area contributed by atoms with Gasteiger partial charge < -0.3 is 14.2 Å². The van der Waals surface area contributed by atoms with Crippen molar-refractivity contribution < 1.29 is 32.6 Å². The fourth-order valence-corrected chi connectivity index (χ4v) is 5.66. The maximum Gasteiger partial charge on any atom is 0.303 e. The molecule has 0 aliphatic carbocycles. The molecule has 0 spiro atoms. The lowest BCUT2D eigenvalue weighted by Crippen LogP contribution is -2.47. The van der Waals surface area contributed by atoms with Crippen molar-refractivity contribution in [2.24, 2.45) is 5.92 Å². The van der Waals surface area contributed by atoms with E-state index in [9.17, 15) is 23.6 Å². The third-order valence-corrected chi connectivity index (χ3v) is 7.47. The molecule has 3 aromatic carbocycles. The molecule has 0 N–H and O–H groups in total. The summed E-state index contributed by atoms with van der Waals surface area (Å²) in [6.07, 6.45) is 1.65. The molecule has 1 fully saturated rings. The normalized spacial score (nSPS) is 16.1. The average molecular weight is 563 g/mol. The van der Waals surface area contributed by atoms with Gasteiger partial charge in [0.05, 0.1) is 25.3 Å². The number of nitriles is 1. The van der Waals surface area contributed by atoms with Crippen LogP contribution in [-0.2, 0) is 15.1 Å². The van der Waals surface area contributed by atoms with Crippen LogP contribution in [-0.4, -0.2) is 50.1 Å². The minimum atomic E-state index is -0.737. The maximum atomic E-state index is 13.9. The van der Waals surface area contributed by atoms with Crippen molar-refractivity contribution >= 4 is 11.8 Å². The first kappa shape index (κ1) is 29.7. The lowest BCUT2D eigenvalue weighted by Gasteiger charge is -2.43. The van der Waals surface area contributed by atoms with Crippen LogP contribution >= 0.6 is 0 Å². The van der Waals surface area contributed by atoms with Crippen LogP contribution in [0.25, 0.3) is 0 Å². The van der Waals surface area contributed by atoms with Crippen LogP contribution in [0.4, 0.5) is 8.78 Å². The summed E-state index contributed by atoms with van der Waals surface area (Å²) in [5.74, 6) is -0.850. The Balaban J connectivity index is 1.53. The van der Waals surface area contributed by atoms with Gasteiger partial charge in [0.1, 0.15) is 11.6 Å². The van der Waals surface area contributed by atoms with Crippen LogP contribution in [0.5, 0.6) is 11.5 Å². The van der Waals surface area contributed by atoms with Crippen molar-refractivity contribution in [2.75, 3.05) is 33.4 Å². The van der Waals surface area contributed by atoms with E-state index in [1.165, 1.54) is 38.3 Å². The van der Waals surface area contributed by atoms with Crippen LogP contribution in [0.1, 0.15) is 47.7 Å². The Hall–Kier alpha value is -4.29. The summed E-state index contributed by atoms with van der Waals surface area (Å²) in [5, 5.41) is 9.66. The topological polar surface area (TPSA) is 88.9 Å². The van der Waals surface area contributed by atoms with Gasteiger partial charge in [-0.25, -0.2) is 8.78 Å². The van der Waals surface area contributed by atoms with Gasteiger partial charge in [0.15, 0.2) is 23.9 Å². The number of ketones is 1. The minimum Gasteiger partial charge on any atom is -0.493 e. The second kappa shape index (κ2) is 13.4. The zero-order valence-corrected chi connectivity index (χ0v) is 23.1. The summed E-state index contributed by atoms with van der Waals surface area (Å²) < 4.78 is 44.1. The van der Waals surface area contributed by atoms with E-state index in [-0.39, 0.29) is 29.9 Å². The first-order valence-corrected chi connectivity index (χ1v) is 13.4. The summed E-state index contributed by atoms with van der Waals surface area (Å²) in [6, 6.07) is 19.7. The van der Waals surface area contributed by atoms with Crippen LogP contribution < -0.4 is 9.47 Å². The highest BCUT2D eigenvalue weighted by atomic mass is 19.1. The quantitative estimate of drug-likeness (QED) is 0.160. The van der Waals surface area contributed by atoms with Crippen molar-refractivity contribution in [1.29, 1.82) is 5.26 Å². The number of carbonyl (C=O) groups is 2. The summed E-state index contributed by atoms with van der Waals surface area (Å²) in [5.41, 5.74) is 1.29. The number of nitrogens with zero attached hydrogens (tertiary/aromatic N) is 2. The van der Waals surface area contributed by atoms with Gasteiger partial charge >= 0.3 is 5.97 Å². The third kappa shape index (κ3) is 6.55. The predicted octanol–water partition coefficient (Wildman–Crippen LogP) is 5.67. The van der Waals surface area contributed by atoms with E-state index in [1.807, 2.05) is 0 Å². The minimum absolute atomic E-state index is 0.0819. The van der Waals surface area contributed by atoms with E-state index < -0.39 is 11.5 Å². The van der Waals surface area contributed by atoms with Crippen molar-refractivity contribution in [2.45, 2.75) is 31.7 Å². The lowest BCUT2D eigenvalue weighted by molar-refractivity contribution is -0.139. The number of rotatable bonds is 12. The first-order chi connectivity index (χ1) is 19.8. The molecule has 9 heteroatoms. The highest BCUT2D eigenvalue weighted by molar-refractivity contribution is 5.98. The molecule has 0 saturated carbocycles. The van der Waals surface area contributed by atoms with Crippen molar-refractivity contribution in [3.63, 3.8) is 0 Å². The van der Waals surface area contributed by atoms with Crippen molar-refractivity contribution in [3.05, 3.63) is 95.1 Å². The van der Waals surface area contributed by atoms with E-state index in [4.69, 9.17) is 14.2 Å². The zero-order valence-electron chi connectivity index (χ0n) is 23.1. The smallest absolute Gasteiger partial charge is 0.303 e. The van der Waals surface area contributed by atoms with Crippen molar-refractivity contribution in [1.82, 2.24) is 4.90 Å². The van der Waals surface area contributed by atoms with E-state index in [0.29, 0.717) is 49.6 Å². The monoisotopic (exact) mass is 562 g/mol. The fourth-order valence-electron chi connectivity index (χ4n) is 5.66. The summed E-state index contributed by atoms with van der Waals surface area (Å²) in [6.45, 7) is 2.51. The number of carbonyl (C=O) groups excluding carboxylic acids is 2. The number of benzene rings is 3. The molecule has 1 atom stereocenters. The van der Waals surface area contributed by atoms with E-state index in [1.54, 1.807) is 42.5 Å². The van der Waals surface area contributed by atoms with Gasteiger partial charge in [-0.1, -0.05) is 24.3 Å². The van der Waals surface area contributed by atoms with Gasteiger partial charge in [-0.05, 0) is 78.9 Å². The first-order valence-electron chi connectivity index (χ1n) is 13.4. The van der Waals surface area contributed by atoms with E-state index >= 15 is 0 Å². The zero-order chi connectivity index (χ0) is 29.4. The van der Waals surface area contributed by atoms with Crippen LogP contribution in [0.15, 0.2) is 66.7 Å². The molecule has 1 unspecified atom stereocenters. The fraction of sp³-hybridized carbons (Fsp3) is 0.344. The van der Waals surface area contributed by atoms with E-state index in [2.05, 4.69) is 11.0 Å². The Bertz CT molecular complexity index is 1360. The van der Waals surface area contributed by atoms with Gasteiger partial charge in [0.25, 0.3) is 0 Å². The number of ether oxygens (including phenoxy) is 3. The molecule has 0 bridgehead atoms. The number of hydrogen-bond acceptors (Lipinski definition) is 7. The summed E-state index contributed by atoms with van der Waals surface area (Å²) >= 11 is 0. The molecule has 0 radical (unpaired) electrons. The maximum absolute atomic E-state index is 13.9. The molecule has 1 aliphatic heterocycles. The second-order valence-electron chi connectivity index (χ2n) is 9.89. The number of Topliss-reactive ketones (excluding diaryl/α,β-unsaturated/α-hetero) is 1. The Morgan fingerprint density at radius 1 is 1.00 bits per heavy atom. The number of esters is 1. The van der Waals surface area contributed by atoms with E-state index in [0.717, 1.165) is 17.5 Å². The standard InChI is InChI=1S/C32H32F2N2O5/c1-22(37)41-21-29(38)23-4-13-30(31(20-23)39-2)40-19-3-17-36-18-15-26(14-16-35)32(36,24-5-9-27(33)10-6-24)25-7-11-28(34)12-8-25/h4-13,20,26H,3,14-15,17-19,21H2,1-2H3. The molecule has 1 heterocycles. The van der Waals surface area contributed by atoms with Gasteiger partial charge in [-0.2, -0.15) is 5.26 Å². The molecular formula is C32H32F2N2O5. The molecule has 1 aliphatic rings. The molecule has 0 amide bonds. The Morgan fingerprint density at radius 3 is 2.20 bits per heavy atom. The molecule has 214 valence electrons. The summed E-state index contributed by atoms with van der Waals surface area (Å²) in [4.78, 5) is 25.6. The largest absolute Gasteiger partial charge is 0.493 e. The average Bonchev–Trinajstić information content (AvgIpc) is 3.33. The Morgan fingerprint density at radius 2 is 1.63 bits per heavy atom. The Kier molecular flexibility index (Phi) is 9.69. The molecule has 4 rings (SSSR count). The molecule has 1 saturated heterocycles. The SMILES string of the molecule is COc1cc(C(=O)COC(C)=O)ccc1OCCCN1CCC(CC#N)C1(c1ccc(F)cc1)c1ccc(F)cc1. The molecular weight excluding hydrogens is 530 g/mol. The van der Waals surface area contributed by atoms with Gasteiger partial charge in [0.2, 0.25) is 0 Å². The highest BCUT2D eigenvalue weighted by Gasteiger charge is 2.50. The third-order valence-electron chi connectivity index (χ3n) is 7.47. The van der Waals surface area contributed by atoms with Crippen LogP contribution in [0.2, 0.25) is 0 Å². The number of likely N-dealkylation sites (tertiary alicyclic amines) is 1. The second-order valence-corrected chi connectivity index (χ2v) is 9.89. The Labute approximate surface area is 238 Å². The van der Waals surface area contributed by atoms with Gasteiger partial charge in [-0.3, -0.25) is 14.5 Å². The van der Waals surface area contributed by atoms with Crippen LogP contribution in [0.3, 0.4) is 0 Å². The number of halogens is 2. The molecule has 0 aromatic heterocycles. The van der Waals surface area contributed by atoms with Crippen LogP contribution in [0, 0.1) is 28.9 Å². The van der Waals surface area contributed by atoms with Gasteiger partial charge in [-0.15, -0.1) is 0 Å². The summed E-state index contributed by atoms with van der Waals surface area (Å²) in [7, 11) is 1.47. The molecule has 3 aromatic rings.